The van der Waals surface area contributed by atoms with Crippen LogP contribution in [-0.2, 0) is 17.8 Å². The van der Waals surface area contributed by atoms with Gasteiger partial charge in [-0.3, -0.25) is 4.79 Å². The van der Waals surface area contributed by atoms with Crippen molar-refractivity contribution in [2.75, 3.05) is 0 Å². The minimum absolute atomic E-state index is 0.311. The summed E-state index contributed by atoms with van der Waals surface area (Å²) in [4.78, 5) is 16.7. The van der Waals surface area contributed by atoms with E-state index < -0.39 is 0 Å². The van der Waals surface area contributed by atoms with E-state index in [-0.39, 0.29) is 0 Å². The van der Waals surface area contributed by atoms with Crippen LogP contribution in [0.5, 0.6) is 0 Å². The van der Waals surface area contributed by atoms with E-state index in [1.54, 1.807) is 0 Å². The highest BCUT2D eigenvalue weighted by atomic mass is 16.1. The van der Waals surface area contributed by atoms with Crippen LogP contribution in [0.2, 0.25) is 0 Å². The fourth-order valence-electron chi connectivity index (χ4n) is 2.63. The molecule has 108 valence electrons. The molecule has 0 aliphatic heterocycles. The molecule has 0 atom stereocenters. The zero-order chi connectivity index (χ0) is 14.4. The molecule has 2 rings (SSSR count). The molecule has 0 spiro atoms. The number of Topliss-reactive ketones (excluding diaryl/α,β-unsaturated/α-hetero) is 1. The van der Waals surface area contributed by atoms with E-state index in [2.05, 4.69) is 29.5 Å². The molecule has 0 aliphatic carbocycles. The number of carbonyl (C=O) groups is 1. The van der Waals surface area contributed by atoms with Crippen molar-refractivity contribution in [2.24, 2.45) is 0 Å². The predicted molar refractivity (Wildman–Crippen MR) is 82.9 cm³/mol. The predicted octanol–water partition coefficient (Wildman–Crippen LogP) is 4.14. The lowest BCUT2D eigenvalue weighted by Crippen LogP contribution is -2.09. The van der Waals surface area contributed by atoms with Crippen LogP contribution in [-0.4, -0.2) is 15.3 Å². The SMILES string of the molecule is CCCCCCC(=O)Cc1nc2ccccc2n1CC. The Morgan fingerprint density at radius 2 is 1.95 bits per heavy atom. The number of rotatable bonds is 8. The van der Waals surface area contributed by atoms with Crippen LogP contribution in [0.3, 0.4) is 0 Å². The highest BCUT2D eigenvalue weighted by Crippen LogP contribution is 2.17. The van der Waals surface area contributed by atoms with Crippen molar-refractivity contribution in [1.82, 2.24) is 9.55 Å². The van der Waals surface area contributed by atoms with Gasteiger partial charge in [-0.1, -0.05) is 38.3 Å². The number of unbranched alkanes of at least 4 members (excludes halogenated alkanes) is 3. The van der Waals surface area contributed by atoms with Gasteiger partial charge in [0.2, 0.25) is 0 Å². The highest BCUT2D eigenvalue weighted by Gasteiger charge is 2.12. The van der Waals surface area contributed by atoms with Crippen molar-refractivity contribution in [3.63, 3.8) is 0 Å². The lowest BCUT2D eigenvalue weighted by Gasteiger charge is -2.05. The van der Waals surface area contributed by atoms with Crippen LogP contribution < -0.4 is 0 Å². The van der Waals surface area contributed by atoms with E-state index >= 15 is 0 Å². The maximum Gasteiger partial charge on any atom is 0.140 e. The number of nitrogens with zero attached hydrogens (tertiary/aromatic N) is 2. The maximum absolute atomic E-state index is 12.1. The summed E-state index contributed by atoms with van der Waals surface area (Å²) in [7, 11) is 0. The first-order valence-electron chi connectivity index (χ1n) is 7.72. The second-order valence-electron chi connectivity index (χ2n) is 5.29. The molecule has 1 heterocycles. The summed E-state index contributed by atoms with van der Waals surface area (Å²) >= 11 is 0. The van der Waals surface area contributed by atoms with Crippen molar-refractivity contribution in [2.45, 2.75) is 58.9 Å². The van der Waals surface area contributed by atoms with Crippen molar-refractivity contribution in [3.8, 4) is 0 Å². The summed E-state index contributed by atoms with van der Waals surface area (Å²) in [5.41, 5.74) is 2.12. The van der Waals surface area contributed by atoms with Crippen LogP contribution in [0.1, 0.15) is 51.8 Å². The molecule has 2 aromatic rings. The molecule has 0 saturated carbocycles. The molecule has 3 nitrogen and oxygen atoms in total. The van der Waals surface area contributed by atoms with E-state index in [0.717, 1.165) is 36.2 Å². The smallest absolute Gasteiger partial charge is 0.140 e. The number of hydrogen-bond donors (Lipinski definition) is 0. The molecule has 0 fully saturated rings. The topological polar surface area (TPSA) is 34.9 Å². The number of ketones is 1. The van der Waals surface area contributed by atoms with Gasteiger partial charge in [0.05, 0.1) is 17.5 Å². The van der Waals surface area contributed by atoms with Gasteiger partial charge in [-0.2, -0.15) is 0 Å². The van der Waals surface area contributed by atoms with Crippen LogP contribution >= 0.6 is 0 Å². The van der Waals surface area contributed by atoms with Gasteiger partial charge in [0.15, 0.2) is 0 Å². The third-order valence-electron chi connectivity index (χ3n) is 3.71. The summed E-state index contributed by atoms with van der Waals surface area (Å²) in [6.07, 6.45) is 5.76. The Bertz CT molecular complexity index is 571. The molecule has 0 radical (unpaired) electrons. The normalized spacial score (nSPS) is 11.1. The summed E-state index contributed by atoms with van der Waals surface area (Å²) < 4.78 is 2.15. The van der Waals surface area contributed by atoms with E-state index in [9.17, 15) is 4.79 Å². The quantitative estimate of drug-likeness (QED) is 0.677. The zero-order valence-corrected chi connectivity index (χ0v) is 12.6. The third-order valence-corrected chi connectivity index (χ3v) is 3.71. The first kappa shape index (κ1) is 14.8. The first-order valence-corrected chi connectivity index (χ1v) is 7.72. The second-order valence-corrected chi connectivity index (χ2v) is 5.29. The van der Waals surface area contributed by atoms with Gasteiger partial charge in [0.1, 0.15) is 11.6 Å². The van der Waals surface area contributed by atoms with E-state index in [4.69, 9.17) is 0 Å². The van der Waals surface area contributed by atoms with Gasteiger partial charge in [0, 0.05) is 13.0 Å². The number of carbonyl (C=O) groups excluding carboxylic acids is 1. The monoisotopic (exact) mass is 272 g/mol. The Kier molecular flexibility index (Phi) is 5.33. The zero-order valence-electron chi connectivity index (χ0n) is 12.6. The fraction of sp³-hybridized carbons (Fsp3) is 0.529. The van der Waals surface area contributed by atoms with E-state index in [0.29, 0.717) is 18.6 Å². The highest BCUT2D eigenvalue weighted by molar-refractivity contribution is 5.82. The Labute approximate surface area is 121 Å². The number of aromatic nitrogens is 2. The Morgan fingerprint density at radius 1 is 1.15 bits per heavy atom. The summed E-state index contributed by atoms with van der Waals surface area (Å²) in [6, 6.07) is 8.09. The molecule has 0 saturated heterocycles. The molecule has 0 N–H and O–H groups in total. The minimum atomic E-state index is 0.311. The molecular formula is C17H24N2O. The Balaban J connectivity index is 2.03. The van der Waals surface area contributed by atoms with Crippen LogP contribution in [0.25, 0.3) is 11.0 Å². The van der Waals surface area contributed by atoms with Gasteiger partial charge in [0.25, 0.3) is 0 Å². The lowest BCUT2D eigenvalue weighted by atomic mass is 10.1. The lowest BCUT2D eigenvalue weighted by molar-refractivity contribution is -0.118. The molecule has 1 aromatic heterocycles. The van der Waals surface area contributed by atoms with Gasteiger partial charge < -0.3 is 4.57 Å². The summed E-state index contributed by atoms with van der Waals surface area (Å²) in [5, 5.41) is 0. The van der Waals surface area contributed by atoms with Crippen molar-refractivity contribution < 1.29 is 4.79 Å². The number of imidazole rings is 1. The number of fused-ring (bicyclic) bond motifs is 1. The summed E-state index contributed by atoms with van der Waals surface area (Å²) in [5.74, 6) is 1.22. The molecule has 3 heteroatoms. The third kappa shape index (κ3) is 3.47. The van der Waals surface area contributed by atoms with Gasteiger partial charge in [-0.25, -0.2) is 4.98 Å². The Hall–Kier alpha value is -1.64. The second kappa shape index (κ2) is 7.22. The fourth-order valence-corrected chi connectivity index (χ4v) is 2.63. The van der Waals surface area contributed by atoms with Crippen molar-refractivity contribution in [3.05, 3.63) is 30.1 Å². The largest absolute Gasteiger partial charge is 0.328 e. The Morgan fingerprint density at radius 3 is 2.70 bits per heavy atom. The number of benzene rings is 1. The van der Waals surface area contributed by atoms with Crippen molar-refractivity contribution in [1.29, 1.82) is 0 Å². The number of hydrogen-bond acceptors (Lipinski definition) is 2. The molecule has 0 amide bonds. The average Bonchev–Trinajstić information content (AvgIpc) is 2.80. The van der Waals surface area contributed by atoms with E-state index in [1.807, 2.05) is 18.2 Å². The first-order chi connectivity index (χ1) is 9.76. The van der Waals surface area contributed by atoms with E-state index in [1.165, 1.54) is 12.8 Å². The summed E-state index contributed by atoms with van der Waals surface area (Å²) in [6.45, 7) is 5.15. The van der Waals surface area contributed by atoms with Crippen molar-refractivity contribution >= 4 is 16.8 Å². The number of aryl methyl sites for hydroxylation is 1. The van der Waals surface area contributed by atoms with Crippen LogP contribution in [0.4, 0.5) is 0 Å². The van der Waals surface area contributed by atoms with Crippen LogP contribution in [0, 0.1) is 0 Å². The molecule has 0 aliphatic rings. The molecule has 1 aromatic carbocycles. The molecular weight excluding hydrogens is 248 g/mol. The maximum atomic E-state index is 12.1. The standard InChI is InChI=1S/C17H24N2O/c1-3-5-6-7-10-14(20)13-17-18-15-11-8-9-12-16(15)19(17)4-2/h8-9,11-12H,3-7,10,13H2,1-2H3. The molecule has 20 heavy (non-hydrogen) atoms. The minimum Gasteiger partial charge on any atom is -0.328 e. The van der Waals surface area contributed by atoms with Gasteiger partial charge >= 0.3 is 0 Å². The van der Waals surface area contributed by atoms with Gasteiger partial charge in [-0.15, -0.1) is 0 Å². The molecule has 0 unspecified atom stereocenters. The van der Waals surface area contributed by atoms with Gasteiger partial charge in [-0.05, 0) is 25.5 Å². The van der Waals surface area contributed by atoms with Crippen LogP contribution in [0.15, 0.2) is 24.3 Å². The average molecular weight is 272 g/mol. The molecule has 0 bridgehead atoms. The number of para-hydroxylation sites is 2.